The van der Waals surface area contributed by atoms with Crippen LogP contribution in [0.25, 0.3) is 0 Å². The molecule has 8 heteroatoms. The molecule has 0 N–H and O–H groups in total. The Morgan fingerprint density at radius 1 is 1.18 bits per heavy atom. The number of benzene rings is 1. The highest BCUT2D eigenvalue weighted by molar-refractivity contribution is 6.03. The molecule has 7 nitrogen and oxygen atoms in total. The maximum Gasteiger partial charge on any atom is 0.410 e. The summed E-state index contributed by atoms with van der Waals surface area (Å²) in [5.41, 5.74) is -1.78. The van der Waals surface area contributed by atoms with Gasteiger partial charge in [-0.25, -0.2) is 14.0 Å². The molecule has 0 bridgehead atoms. The largest absolute Gasteiger partial charge is 0.465 e. The zero-order valence-electron chi connectivity index (χ0n) is 16.5. The van der Waals surface area contributed by atoms with Crippen molar-refractivity contribution in [2.75, 3.05) is 31.6 Å². The minimum Gasteiger partial charge on any atom is -0.465 e. The minimum atomic E-state index is -2.00. The molecular formula is C20H25FN2O5. The van der Waals surface area contributed by atoms with Crippen LogP contribution in [0.2, 0.25) is 0 Å². The zero-order valence-corrected chi connectivity index (χ0v) is 16.5. The van der Waals surface area contributed by atoms with E-state index in [0.717, 1.165) is 0 Å². The third-order valence-corrected chi connectivity index (χ3v) is 5.09. The monoisotopic (exact) mass is 392 g/mol. The van der Waals surface area contributed by atoms with Gasteiger partial charge in [-0.2, -0.15) is 0 Å². The highest BCUT2D eigenvalue weighted by Gasteiger charge is 2.58. The highest BCUT2D eigenvalue weighted by Crippen LogP contribution is 2.41. The lowest BCUT2D eigenvalue weighted by atomic mass is 9.85. The first-order valence-electron chi connectivity index (χ1n) is 9.22. The molecule has 2 fully saturated rings. The summed E-state index contributed by atoms with van der Waals surface area (Å²) in [5.74, 6) is -1.73. The van der Waals surface area contributed by atoms with Gasteiger partial charge in [0.25, 0.3) is 5.91 Å². The fourth-order valence-electron chi connectivity index (χ4n) is 3.63. The van der Waals surface area contributed by atoms with Crippen molar-refractivity contribution in [1.82, 2.24) is 4.90 Å². The molecule has 3 rings (SSSR count). The van der Waals surface area contributed by atoms with Crippen LogP contribution in [0.4, 0.5) is 14.9 Å². The smallest absolute Gasteiger partial charge is 0.410 e. The number of amides is 2. The summed E-state index contributed by atoms with van der Waals surface area (Å²) in [7, 11) is 1.29. The number of alkyl halides is 1. The summed E-state index contributed by atoms with van der Waals surface area (Å²) in [6.45, 7) is 5.72. The molecule has 0 aliphatic carbocycles. The lowest BCUT2D eigenvalue weighted by Crippen LogP contribution is -2.53. The first-order valence-corrected chi connectivity index (χ1v) is 9.22. The number of ether oxygens (including phenoxy) is 2. The van der Waals surface area contributed by atoms with E-state index in [-0.39, 0.29) is 26.1 Å². The second-order valence-electron chi connectivity index (χ2n) is 8.19. The molecular weight excluding hydrogens is 367 g/mol. The molecule has 2 saturated heterocycles. The standard InChI is InChI=1S/C20H25FN2O5/c1-19(2,3)28-18(26)22-10-9-20(21)14(11-22)12-23(17(20)25)15-7-5-13(6-8-15)16(24)27-4/h5-8,14H,9-12H2,1-4H3/t14-,20+/m0/s1. The van der Waals surface area contributed by atoms with E-state index in [0.29, 0.717) is 11.3 Å². The second-order valence-corrected chi connectivity index (χ2v) is 8.19. The molecule has 0 radical (unpaired) electrons. The zero-order chi connectivity index (χ0) is 20.7. The predicted molar refractivity (Wildman–Crippen MR) is 99.9 cm³/mol. The molecule has 2 amide bonds. The molecule has 1 aromatic rings. The van der Waals surface area contributed by atoms with Crippen LogP contribution in [0.5, 0.6) is 0 Å². The van der Waals surface area contributed by atoms with Crippen LogP contribution in [0.1, 0.15) is 37.6 Å². The Bertz CT molecular complexity index is 789. The number of methoxy groups -OCH3 is 1. The Morgan fingerprint density at radius 2 is 1.82 bits per heavy atom. The van der Waals surface area contributed by atoms with Crippen LogP contribution in [0.3, 0.4) is 0 Å². The molecule has 2 heterocycles. The average Bonchev–Trinajstić information content (AvgIpc) is 2.90. The van der Waals surface area contributed by atoms with Gasteiger partial charge in [0.1, 0.15) is 5.60 Å². The fraction of sp³-hybridized carbons (Fsp3) is 0.550. The van der Waals surface area contributed by atoms with Gasteiger partial charge in [-0.05, 0) is 45.0 Å². The van der Waals surface area contributed by atoms with Crippen molar-refractivity contribution in [1.29, 1.82) is 0 Å². The van der Waals surface area contributed by atoms with Crippen molar-refractivity contribution in [3.05, 3.63) is 29.8 Å². The summed E-state index contributed by atoms with van der Waals surface area (Å²) >= 11 is 0. The normalized spacial score (nSPS) is 24.8. The molecule has 0 saturated carbocycles. The molecule has 1 aromatic carbocycles. The summed E-state index contributed by atoms with van der Waals surface area (Å²) < 4.78 is 25.5. The van der Waals surface area contributed by atoms with Crippen LogP contribution < -0.4 is 4.90 Å². The third kappa shape index (κ3) is 3.68. The van der Waals surface area contributed by atoms with E-state index < -0.39 is 35.2 Å². The molecule has 28 heavy (non-hydrogen) atoms. The van der Waals surface area contributed by atoms with Gasteiger partial charge < -0.3 is 19.3 Å². The number of hydrogen-bond acceptors (Lipinski definition) is 5. The number of esters is 1. The van der Waals surface area contributed by atoms with Crippen molar-refractivity contribution in [3.63, 3.8) is 0 Å². The van der Waals surface area contributed by atoms with Gasteiger partial charge in [-0.15, -0.1) is 0 Å². The average molecular weight is 392 g/mol. The van der Waals surface area contributed by atoms with E-state index in [1.807, 2.05) is 0 Å². The number of hydrogen-bond donors (Lipinski definition) is 0. The van der Waals surface area contributed by atoms with E-state index in [1.54, 1.807) is 32.9 Å². The number of rotatable bonds is 2. The molecule has 0 aromatic heterocycles. The summed E-state index contributed by atoms with van der Waals surface area (Å²) in [6, 6.07) is 6.26. The number of carbonyl (C=O) groups excluding carboxylic acids is 3. The van der Waals surface area contributed by atoms with Gasteiger partial charge in [-0.1, -0.05) is 0 Å². The molecule has 0 unspecified atom stereocenters. The Morgan fingerprint density at radius 3 is 2.39 bits per heavy atom. The Balaban J connectivity index is 1.75. The Hall–Kier alpha value is -2.64. The Labute approximate surface area is 163 Å². The number of nitrogens with zero attached hydrogens (tertiary/aromatic N) is 2. The van der Waals surface area contributed by atoms with E-state index >= 15 is 4.39 Å². The van der Waals surface area contributed by atoms with E-state index in [9.17, 15) is 14.4 Å². The van der Waals surface area contributed by atoms with Crippen molar-refractivity contribution in [2.45, 2.75) is 38.5 Å². The lowest BCUT2D eigenvalue weighted by Gasteiger charge is -2.37. The van der Waals surface area contributed by atoms with Crippen LogP contribution in [-0.2, 0) is 14.3 Å². The molecule has 2 aliphatic heterocycles. The second kappa shape index (κ2) is 7.07. The molecule has 2 aliphatic rings. The van der Waals surface area contributed by atoms with Crippen LogP contribution >= 0.6 is 0 Å². The summed E-state index contributed by atoms with van der Waals surface area (Å²) in [5, 5.41) is 0. The lowest BCUT2D eigenvalue weighted by molar-refractivity contribution is -0.131. The topological polar surface area (TPSA) is 76.2 Å². The van der Waals surface area contributed by atoms with Gasteiger partial charge in [-0.3, -0.25) is 4.79 Å². The number of carbonyl (C=O) groups is 3. The number of piperidine rings is 1. The Kier molecular flexibility index (Phi) is 5.08. The highest BCUT2D eigenvalue weighted by atomic mass is 19.1. The SMILES string of the molecule is COC(=O)c1ccc(N2C[C@@H]3CN(C(=O)OC(C)(C)C)CC[C@]3(F)C2=O)cc1. The van der Waals surface area contributed by atoms with E-state index in [4.69, 9.17) is 4.74 Å². The van der Waals surface area contributed by atoms with Crippen LogP contribution in [-0.4, -0.2) is 60.9 Å². The number of likely N-dealkylation sites (tertiary alicyclic amines) is 1. The maximum atomic E-state index is 15.5. The third-order valence-electron chi connectivity index (χ3n) is 5.09. The maximum absolute atomic E-state index is 15.5. The molecule has 2 atom stereocenters. The van der Waals surface area contributed by atoms with Gasteiger partial charge in [0.15, 0.2) is 5.67 Å². The predicted octanol–water partition coefficient (Wildman–Crippen LogP) is 2.79. The summed E-state index contributed by atoms with van der Waals surface area (Å²) in [4.78, 5) is 39.5. The molecule has 0 spiro atoms. The first kappa shape index (κ1) is 20.1. The van der Waals surface area contributed by atoms with Crippen molar-refractivity contribution < 1.29 is 28.2 Å². The first-order chi connectivity index (χ1) is 13.0. The minimum absolute atomic E-state index is 0.0630. The number of fused-ring (bicyclic) bond motifs is 1. The van der Waals surface area contributed by atoms with Crippen LogP contribution in [0, 0.1) is 5.92 Å². The van der Waals surface area contributed by atoms with E-state index in [1.165, 1.54) is 29.0 Å². The van der Waals surface area contributed by atoms with Gasteiger partial charge in [0, 0.05) is 37.7 Å². The van der Waals surface area contributed by atoms with Crippen molar-refractivity contribution >= 4 is 23.7 Å². The van der Waals surface area contributed by atoms with Gasteiger partial charge >= 0.3 is 12.1 Å². The molecule has 152 valence electrons. The van der Waals surface area contributed by atoms with E-state index in [2.05, 4.69) is 4.74 Å². The fourth-order valence-corrected chi connectivity index (χ4v) is 3.63. The number of anilines is 1. The van der Waals surface area contributed by atoms with Gasteiger partial charge in [0.05, 0.1) is 12.7 Å². The van der Waals surface area contributed by atoms with Crippen LogP contribution in [0.15, 0.2) is 24.3 Å². The quantitative estimate of drug-likeness (QED) is 0.724. The van der Waals surface area contributed by atoms with Crippen molar-refractivity contribution in [3.8, 4) is 0 Å². The summed E-state index contributed by atoms with van der Waals surface area (Å²) in [6.07, 6.45) is -0.560. The number of halogens is 1. The van der Waals surface area contributed by atoms with Crippen molar-refractivity contribution in [2.24, 2.45) is 5.92 Å². The van der Waals surface area contributed by atoms with Gasteiger partial charge in [0.2, 0.25) is 0 Å².